The number of morpholine rings is 1. The second-order valence-corrected chi connectivity index (χ2v) is 8.43. The first-order valence-corrected chi connectivity index (χ1v) is 10.7. The Morgan fingerprint density at radius 2 is 1.76 bits per heavy atom. The molecule has 3 aromatic rings. The number of ether oxygens (including phenoxy) is 1. The van der Waals surface area contributed by atoms with Gasteiger partial charge in [0.1, 0.15) is 0 Å². The molecule has 0 aliphatic carbocycles. The molecule has 0 radical (unpaired) electrons. The third-order valence-corrected chi connectivity index (χ3v) is 6.00. The minimum atomic E-state index is -0.319. The lowest BCUT2D eigenvalue weighted by Crippen LogP contribution is -2.37. The van der Waals surface area contributed by atoms with Crippen molar-refractivity contribution in [2.24, 2.45) is 0 Å². The number of anilines is 1. The maximum absolute atomic E-state index is 12.9. The summed E-state index contributed by atoms with van der Waals surface area (Å²) < 4.78 is 7.48. The van der Waals surface area contributed by atoms with Gasteiger partial charge < -0.3 is 9.64 Å². The van der Waals surface area contributed by atoms with Gasteiger partial charge in [0, 0.05) is 23.7 Å². The van der Waals surface area contributed by atoms with Crippen molar-refractivity contribution < 1.29 is 9.53 Å². The highest BCUT2D eigenvalue weighted by Gasteiger charge is 2.25. The van der Waals surface area contributed by atoms with Gasteiger partial charge >= 0.3 is 0 Å². The van der Waals surface area contributed by atoms with E-state index < -0.39 is 0 Å². The topological polar surface area (TPSA) is 60.2 Å². The van der Waals surface area contributed by atoms with Gasteiger partial charge in [-0.3, -0.25) is 9.36 Å². The molecule has 1 aliphatic rings. The van der Waals surface area contributed by atoms with Crippen LogP contribution in [-0.4, -0.2) is 52.1 Å². The average Bonchev–Trinajstić information content (AvgIpc) is 3.18. The fraction of sp³-hybridized carbons (Fsp3) is 0.286. The summed E-state index contributed by atoms with van der Waals surface area (Å²) in [4.78, 5) is 15.0. The van der Waals surface area contributed by atoms with E-state index in [1.807, 2.05) is 41.8 Å². The molecule has 0 N–H and O–H groups in total. The number of benzene rings is 2. The lowest BCUT2D eigenvalue weighted by molar-refractivity contribution is 0.0994. The SMILES string of the molecule is CC(Sc1nnc(N2CCOCC2)n1-c1ccccc1)C(=O)c1ccc(Cl)cc1. The van der Waals surface area contributed by atoms with Crippen LogP contribution in [0.1, 0.15) is 17.3 Å². The van der Waals surface area contributed by atoms with Crippen molar-refractivity contribution in [3.63, 3.8) is 0 Å². The molecule has 8 heteroatoms. The van der Waals surface area contributed by atoms with Crippen LogP contribution in [0.25, 0.3) is 5.69 Å². The molecule has 0 amide bonds. The van der Waals surface area contributed by atoms with Crippen molar-refractivity contribution in [1.29, 1.82) is 0 Å². The Hall–Kier alpha value is -2.35. The maximum atomic E-state index is 12.9. The largest absolute Gasteiger partial charge is 0.378 e. The van der Waals surface area contributed by atoms with Gasteiger partial charge in [-0.1, -0.05) is 41.6 Å². The molecule has 1 unspecified atom stereocenters. The molecule has 1 atom stereocenters. The molecule has 1 fully saturated rings. The number of carbonyl (C=O) groups excluding carboxylic acids is 1. The Bertz CT molecular complexity index is 972. The molecule has 2 aromatic carbocycles. The number of para-hydroxylation sites is 1. The molecule has 2 heterocycles. The summed E-state index contributed by atoms with van der Waals surface area (Å²) in [6.07, 6.45) is 0. The van der Waals surface area contributed by atoms with Gasteiger partial charge in [-0.15, -0.1) is 10.2 Å². The minimum absolute atomic E-state index is 0.0298. The van der Waals surface area contributed by atoms with Crippen molar-refractivity contribution in [3.8, 4) is 5.69 Å². The number of rotatable bonds is 6. The average molecular weight is 429 g/mol. The number of carbonyl (C=O) groups is 1. The van der Waals surface area contributed by atoms with E-state index in [1.165, 1.54) is 11.8 Å². The monoisotopic (exact) mass is 428 g/mol. The Morgan fingerprint density at radius 3 is 2.45 bits per heavy atom. The second kappa shape index (κ2) is 8.98. The first kappa shape index (κ1) is 19.9. The van der Waals surface area contributed by atoms with Crippen molar-refractivity contribution in [1.82, 2.24) is 14.8 Å². The quantitative estimate of drug-likeness (QED) is 0.434. The molecule has 6 nitrogen and oxygen atoms in total. The van der Waals surface area contributed by atoms with Gasteiger partial charge in [-0.25, -0.2) is 0 Å². The first-order chi connectivity index (χ1) is 14.1. The van der Waals surface area contributed by atoms with Crippen molar-refractivity contribution in [2.45, 2.75) is 17.3 Å². The Labute approximate surface area is 178 Å². The molecule has 1 saturated heterocycles. The van der Waals surface area contributed by atoms with Gasteiger partial charge in [-0.2, -0.15) is 0 Å². The third-order valence-electron chi connectivity index (χ3n) is 4.70. The van der Waals surface area contributed by atoms with Crippen LogP contribution < -0.4 is 4.90 Å². The number of hydrogen-bond donors (Lipinski definition) is 0. The molecular weight excluding hydrogens is 408 g/mol. The number of Topliss-reactive ketones (excluding diaryl/α,β-unsaturated/α-hetero) is 1. The Kier molecular flexibility index (Phi) is 6.18. The normalized spacial score (nSPS) is 15.3. The zero-order valence-electron chi connectivity index (χ0n) is 16.0. The van der Waals surface area contributed by atoms with Crippen LogP contribution in [0.2, 0.25) is 5.02 Å². The highest BCUT2D eigenvalue weighted by atomic mass is 35.5. The molecule has 0 spiro atoms. The predicted molar refractivity (Wildman–Crippen MR) is 115 cm³/mol. The van der Waals surface area contributed by atoms with E-state index in [9.17, 15) is 4.79 Å². The van der Waals surface area contributed by atoms with Gasteiger partial charge in [-0.05, 0) is 43.3 Å². The van der Waals surface area contributed by atoms with Crippen LogP contribution in [0.4, 0.5) is 5.95 Å². The molecule has 150 valence electrons. The van der Waals surface area contributed by atoms with Crippen LogP contribution in [0, 0.1) is 0 Å². The first-order valence-electron chi connectivity index (χ1n) is 9.43. The van der Waals surface area contributed by atoms with E-state index in [4.69, 9.17) is 16.3 Å². The highest BCUT2D eigenvalue weighted by Crippen LogP contribution is 2.31. The molecule has 29 heavy (non-hydrogen) atoms. The van der Waals surface area contributed by atoms with Crippen molar-refractivity contribution in [3.05, 3.63) is 65.2 Å². The van der Waals surface area contributed by atoms with Gasteiger partial charge in [0.05, 0.1) is 24.2 Å². The standard InChI is InChI=1S/C21H21ClN4O2S/c1-15(19(27)16-7-9-17(22)10-8-16)29-21-24-23-20(25-11-13-28-14-12-25)26(21)18-5-3-2-4-6-18/h2-10,15H,11-14H2,1H3. The fourth-order valence-corrected chi connectivity index (χ4v) is 4.24. The molecular formula is C21H21ClN4O2S. The summed E-state index contributed by atoms with van der Waals surface area (Å²) in [5.74, 6) is 0.801. The van der Waals surface area contributed by atoms with Crippen molar-refractivity contribution in [2.75, 3.05) is 31.2 Å². The predicted octanol–water partition coefficient (Wildman–Crippen LogP) is 4.12. The third kappa shape index (κ3) is 4.47. The van der Waals surface area contributed by atoms with Crippen LogP contribution in [0.3, 0.4) is 0 Å². The Morgan fingerprint density at radius 1 is 1.07 bits per heavy atom. The number of hydrogen-bond acceptors (Lipinski definition) is 6. The summed E-state index contributed by atoms with van der Waals surface area (Å²) in [5.41, 5.74) is 1.60. The summed E-state index contributed by atoms with van der Waals surface area (Å²) in [6, 6.07) is 16.9. The van der Waals surface area contributed by atoms with E-state index in [2.05, 4.69) is 15.1 Å². The number of aromatic nitrogens is 3. The van der Waals surface area contributed by atoms with Crippen LogP contribution in [0.5, 0.6) is 0 Å². The lowest BCUT2D eigenvalue weighted by Gasteiger charge is -2.28. The van der Waals surface area contributed by atoms with Crippen molar-refractivity contribution >= 4 is 35.1 Å². The van der Waals surface area contributed by atoms with Crippen LogP contribution in [-0.2, 0) is 4.74 Å². The van der Waals surface area contributed by atoms with Gasteiger partial charge in [0.15, 0.2) is 10.9 Å². The molecule has 1 aromatic heterocycles. The Balaban J connectivity index is 1.63. The molecule has 1 aliphatic heterocycles. The van der Waals surface area contributed by atoms with Crippen LogP contribution >= 0.6 is 23.4 Å². The fourth-order valence-electron chi connectivity index (χ4n) is 3.17. The highest BCUT2D eigenvalue weighted by molar-refractivity contribution is 8.00. The van der Waals surface area contributed by atoms with Crippen LogP contribution in [0.15, 0.2) is 59.8 Å². The zero-order chi connectivity index (χ0) is 20.2. The van der Waals surface area contributed by atoms with Gasteiger partial charge in [0.2, 0.25) is 5.95 Å². The van der Waals surface area contributed by atoms with E-state index in [0.717, 1.165) is 24.7 Å². The second-order valence-electron chi connectivity index (χ2n) is 6.68. The number of thioether (sulfide) groups is 1. The molecule has 0 saturated carbocycles. The number of halogens is 1. The smallest absolute Gasteiger partial charge is 0.232 e. The lowest BCUT2D eigenvalue weighted by atomic mass is 10.1. The number of nitrogens with zero attached hydrogens (tertiary/aromatic N) is 4. The minimum Gasteiger partial charge on any atom is -0.378 e. The molecule has 0 bridgehead atoms. The summed E-state index contributed by atoms with van der Waals surface area (Å²) in [7, 11) is 0. The summed E-state index contributed by atoms with van der Waals surface area (Å²) in [6.45, 7) is 4.73. The summed E-state index contributed by atoms with van der Waals surface area (Å²) >= 11 is 7.35. The summed E-state index contributed by atoms with van der Waals surface area (Å²) in [5, 5.41) is 9.84. The maximum Gasteiger partial charge on any atom is 0.232 e. The molecule has 4 rings (SSSR count). The zero-order valence-corrected chi connectivity index (χ0v) is 17.6. The van der Waals surface area contributed by atoms with Gasteiger partial charge in [0.25, 0.3) is 0 Å². The van der Waals surface area contributed by atoms with E-state index >= 15 is 0 Å². The van der Waals surface area contributed by atoms with E-state index in [-0.39, 0.29) is 11.0 Å². The van der Waals surface area contributed by atoms with E-state index in [0.29, 0.717) is 29.0 Å². The van der Waals surface area contributed by atoms with E-state index in [1.54, 1.807) is 24.3 Å². The number of ketones is 1.